The van der Waals surface area contributed by atoms with Crippen LogP contribution in [0.1, 0.15) is 42.6 Å². The van der Waals surface area contributed by atoms with Crippen molar-refractivity contribution in [3.05, 3.63) is 35.4 Å². The fourth-order valence-corrected chi connectivity index (χ4v) is 2.36. The predicted octanol–water partition coefficient (Wildman–Crippen LogP) is 2.45. The molecule has 1 amide bonds. The fourth-order valence-electron chi connectivity index (χ4n) is 2.36. The molecule has 0 heterocycles. The topological polar surface area (TPSA) is 46.3 Å². The van der Waals surface area contributed by atoms with Gasteiger partial charge in [-0.3, -0.25) is 4.79 Å². The van der Waals surface area contributed by atoms with E-state index in [1.54, 1.807) is 0 Å². The zero-order valence-electron chi connectivity index (χ0n) is 11.9. The zero-order chi connectivity index (χ0) is 13.8. The lowest BCUT2D eigenvalue weighted by Gasteiger charge is -2.27. The van der Waals surface area contributed by atoms with Crippen LogP contribution in [0.5, 0.6) is 0 Å². The van der Waals surface area contributed by atoms with E-state index >= 15 is 0 Å². The van der Waals surface area contributed by atoms with Crippen LogP contribution >= 0.6 is 0 Å². The number of nitrogens with zero attached hydrogens (tertiary/aromatic N) is 1. The Morgan fingerprint density at radius 2 is 2.05 bits per heavy atom. The Balaban J connectivity index is 2.20. The molecule has 0 unspecified atom stereocenters. The quantitative estimate of drug-likeness (QED) is 0.854. The summed E-state index contributed by atoms with van der Waals surface area (Å²) in [6.07, 6.45) is 3.29. The minimum atomic E-state index is 0.158. The molecule has 3 heteroatoms. The first kappa shape index (κ1) is 14.1. The number of nitrogens with two attached hydrogens (primary N) is 1. The molecule has 1 aromatic rings. The van der Waals surface area contributed by atoms with E-state index in [9.17, 15) is 4.79 Å². The number of hydrogen-bond donors (Lipinski definition) is 1. The second-order valence-electron chi connectivity index (χ2n) is 5.69. The van der Waals surface area contributed by atoms with E-state index in [0.29, 0.717) is 12.5 Å². The molecule has 1 aliphatic carbocycles. The van der Waals surface area contributed by atoms with Gasteiger partial charge in [-0.05, 0) is 57.2 Å². The number of carbonyl (C=O) groups excluding carboxylic acids is 1. The first-order valence-electron chi connectivity index (χ1n) is 7.22. The predicted molar refractivity (Wildman–Crippen MR) is 78.1 cm³/mol. The van der Waals surface area contributed by atoms with E-state index < -0.39 is 0 Å². The van der Waals surface area contributed by atoms with Crippen LogP contribution in [0.3, 0.4) is 0 Å². The van der Waals surface area contributed by atoms with E-state index in [2.05, 4.69) is 13.8 Å². The van der Waals surface area contributed by atoms with E-state index in [-0.39, 0.29) is 11.9 Å². The second-order valence-corrected chi connectivity index (χ2v) is 5.69. The van der Waals surface area contributed by atoms with Crippen LogP contribution in [0, 0.1) is 5.92 Å². The first-order valence-corrected chi connectivity index (χ1v) is 7.22. The molecule has 0 aromatic heterocycles. The largest absolute Gasteiger partial charge is 0.336 e. The van der Waals surface area contributed by atoms with Crippen molar-refractivity contribution in [2.45, 2.75) is 39.2 Å². The first-order chi connectivity index (χ1) is 9.13. The summed E-state index contributed by atoms with van der Waals surface area (Å²) < 4.78 is 0. The van der Waals surface area contributed by atoms with E-state index in [0.717, 1.165) is 24.1 Å². The van der Waals surface area contributed by atoms with Gasteiger partial charge in [0, 0.05) is 18.2 Å². The van der Waals surface area contributed by atoms with Crippen molar-refractivity contribution in [3.8, 4) is 0 Å². The standard InChI is InChI=1S/C16H24N2O/c1-12(2)18(11-13-7-8-13)16(19)15-6-4-3-5-14(15)9-10-17/h3-6,12-13H,7-11,17H2,1-2H3. The minimum absolute atomic E-state index is 0.158. The molecule has 19 heavy (non-hydrogen) atoms. The molecule has 3 nitrogen and oxygen atoms in total. The molecule has 0 bridgehead atoms. The Morgan fingerprint density at radius 1 is 1.37 bits per heavy atom. The molecule has 104 valence electrons. The van der Waals surface area contributed by atoms with Crippen LogP contribution in [-0.4, -0.2) is 29.9 Å². The van der Waals surface area contributed by atoms with Gasteiger partial charge in [-0.1, -0.05) is 18.2 Å². The average molecular weight is 260 g/mol. The maximum atomic E-state index is 12.7. The molecule has 0 radical (unpaired) electrons. The highest BCUT2D eigenvalue weighted by molar-refractivity contribution is 5.96. The molecule has 1 saturated carbocycles. The van der Waals surface area contributed by atoms with E-state index in [1.165, 1.54) is 12.8 Å². The van der Waals surface area contributed by atoms with Gasteiger partial charge < -0.3 is 10.6 Å². The number of rotatable bonds is 6. The summed E-state index contributed by atoms with van der Waals surface area (Å²) in [6.45, 7) is 5.65. The molecule has 2 rings (SSSR count). The van der Waals surface area contributed by atoms with Crippen molar-refractivity contribution in [2.24, 2.45) is 11.7 Å². The molecule has 0 spiro atoms. The molecular weight excluding hydrogens is 236 g/mol. The van der Waals surface area contributed by atoms with Gasteiger partial charge in [-0.15, -0.1) is 0 Å². The van der Waals surface area contributed by atoms with Gasteiger partial charge in [-0.25, -0.2) is 0 Å². The lowest BCUT2D eigenvalue weighted by Crippen LogP contribution is -2.39. The molecule has 1 aromatic carbocycles. The van der Waals surface area contributed by atoms with Gasteiger partial charge in [0.2, 0.25) is 0 Å². The lowest BCUT2D eigenvalue weighted by molar-refractivity contribution is 0.0695. The highest BCUT2D eigenvalue weighted by Gasteiger charge is 2.29. The Hall–Kier alpha value is -1.35. The van der Waals surface area contributed by atoms with Gasteiger partial charge in [0.15, 0.2) is 0 Å². The molecule has 0 aliphatic heterocycles. The zero-order valence-corrected chi connectivity index (χ0v) is 11.9. The summed E-state index contributed by atoms with van der Waals surface area (Å²) in [4.78, 5) is 14.7. The van der Waals surface area contributed by atoms with Crippen LogP contribution in [0.4, 0.5) is 0 Å². The monoisotopic (exact) mass is 260 g/mol. The summed E-state index contributed by atoms with van der Waals surface area (Å²) in [5, 5.41) is 0. The summed E-state index contributed by atoms with van der Waals surface area (Å²) in [7, 11) is 0. The van der Waals surface area contributed by atoms with Crippen molar-refractivity contribution in [1.29, 1.82) is 0 Å². The Labute approximate surface area is 115 Å². The SMILES string of the molecule is CC(C)N(CC1CC1)C(=O)c1ccccc1CCN. The molecule has 1 fully saturated rings. The Kier molecular flexibility index (Phi) is 4.59. The minimum Gasteiger partial charge on any atom is -0.336 e. The van der Waals surface area contributed by atoms with Crippen LogP contribution in [0.2, 0.25) is 0 Å². The third-order valence-corrected chi connectivity index (χ3v) is 3.70. The van der Waals surface area contributed by atoms with E-state index in [4.69, 9.17) is 5.73 Å². The van der Waals surface area contributed by atoms with Crippen molar-refractivity contribution in [2.75, 3.05) is 13.1 Å². The van der Waals surface area contributed by atoms with Crippen molar-refractivity contribution in [1.82, 2.24) is 4.90 Å². The van der Waals surface area contributed by atoms with Gasteiger partial charge in [0.1, 0.15) is 0 Å². The number of benzene rings is 1. The third-order valence-electron chi connectivity index (χ3n) is 3.70. The van der Waals surface area contributed by atoms with Crippen LogP contribution in [0.15, 0.2) is 24.3 Å². The molecule has 1 aliphatic rings. The highest BCUT2D eigenvalue weighted by atomic mass is 16.2. The lowest BCUT2D eigenvalue weighted by atomic mass is 10.0. The Morgan fingerprint density at radius 3 is 2.63 bits per heavy atom. The molecule has 2 N–H and O–H groups in total. The van der Waals surface area contributed by atoms with Crippen LogP contribution in [-0.2, 0) is 6.42 Å². The summed E-state index contributed by atoms with van der Waals surface area (Å²) in [6, 6.07) is 8.09. The summed E-state index contributed by atoms with van der Waals surface area (Å²) in [5.74, 6) is 0.874. The van der Waals surface area contributed by atoms with Gasteiger partial charge in [0.05, 0.1) is 0 Å². The van der Waals surface area contributed by atoms with Gasteiger partial charge in [-0.2, -0.15) is 0 Å². The molecular formula is C16H24N2O. The number of hydrogen-bond acceptors (Lipinski definition) is 2. The van der Waals surface area contributed by atoms with E-state index in [1.807, 2.05) is 29.2 Å². The third kappa shape index (κ3) is 3.57. The average Bonchev–Trinajstić information content (AvgIpc) is 3.20. The van der Waals surface area contributed by atoms with Gasteiger partial charge >= 0.3 is 0 Å². The second kappa shape index (κ2) is 6.20. The van der Waals surface area contributed by atoms with Crippen molar-refractivity contribution >= 4 is 5.91 Å². The smallest absolute Gasteiger partial charge is 0.254 e. The molecule has 0 atom stereocenters. The number of carbonyl (C=O) groups is 1. The summed E-state index contributed by atoms with van der Waals surface area (Å²) in [5.41, 5.74) is 7.52. The fraction of sp³-hybridized carbons (Fsp3) is 0.562. The molecule has 0 saturated heterocycles. The van der Waals surface area contributed by atoms with Crippen molar-refractivity contribution in [3.63, 3.8) is 0 Å². The van der Waals surface area contributed by atoms with Crippen LogP contribution < -0.4 is 5.73 Å². The van der Waals surface area contributed by atoms with Gasteiger partial charge in [0.25, 0.3) is 5.91 Å². The normalized spacial score (nSPS) is 14.7. The van der Waals surface area contributed by atoms with Crippen LogP contribution in [0.25, 0.3) is 0 Å². The Bertz CT molecular complexity index is 438. The number of amides is 1. The summed E-state index contributed by atoms with van der Waals surface area (Å²) >= 11 is 0. The highest BCUT2D eigenvalue weighted by Crippen LogP contribution is 2.31. The maximum absolute atomic E-state index is 12.7. The van der Waals surface area contributed by atoms with Crippen molar-refractivity contribution < 1.29 is 4.79 Å². The maximum Gasteiger partial charge on any atom is 0.254 e.